The summed E-state index contributed by atoms with van der Waals surface area (Å²) in [4.78, 5) is 0. The standard InChI is InChI=1S/C9H17N3O4S3/c13-18(14)3-1-7(5-18)10-9(17)12-11-8-2-4-19(15,16)6-8/h7-8,11H,1-6H2,(H2,10,12,17)/t7-,8-/m1/s1. The molecule has 19 heavy (non-hydrogen) atoms. The minimum absolute atomic E-state index is 0.0899. The van der Waals surface area contributed by atoms with Gasteiger partial charge in [-0.2, -0.15) is 0 Å². The topological polar surface area (TPSA) is 104 Å². The van der Waals surface area contributed by atoms with E-state index in [0.29, 0.717) is 18.0 Å². The number of hydrazine groups is 1. The molecule has 0 aromatic carbocycles. The zero-order valence-electron chi connectivity index (χ0n) is 10.3. The molecule has 3 N–H and O–H groups in total. The Morgan fingerprint density at radius 3 is 1.95 bits per heavy atom. The molecule has 2 rings (SSSR count). The van der Waals surface area contributed by atoms with E-state index in [1.165, 1.54) is 0 Å². The van der Waals surface area contributed by atoms with Crippen LogP contribution in [-0.2, 0) is 19.7 Å². The van der Waals surface area contributed by atoms with Crippen LogP contribution in [0.1, 0.15) is 12.8 Å². The lowest BCUT2D eigenvalue weighted by molar-refractivity contribution is 0.518. The summed E-state index contributed by atoms with van der Waals surface area (Å²) in [5.74, 6) is 0.558. The van der Waals surface area contributed by atoms with E-state index in [2.05, 4.69) is 16.2 Å². The van der Waals surface area contributed by atoms with Crippen LogP contribution >= 0.6 is 12.2 Å². The van der Waals surface area contributed by atoms with Crippen LogP contribution in [0, 0.1) is 0 Å². The molecule has 0 unspecified atom stereocenters. The summed E-state index contributed by atoms with van der Waals surface area (Å²) in [7, 11) is -5.86. The largest absolute Gasteiger partial charge is 0.358 e. The Bertz CT molecular complexity index is 557. The molecule has 2 saturated heterocycles. The SMILES string of the molecule is O=S1(=O)CC[C@@H](NNC(=S)N[C@@H]2CCS(=O)(=O)C2)C1. The van der Waals surface area contributed by atoms with E-state index in [4.69, 9.17) is 12.2 Å². The van der Waals surface area contributed by atoms with Gasteiger partial charge in [0, 0.05) is 12.1 Å². The molecule has 2 aliphatic rings. The first kappa shape index (κ1) is 14.9. The first-order chi connectivity index (χ1) is 8.76. The molecular formula is C9H17N3O4S3. The first-order valence-corrected chi connectivity index (χ1v) is 10.0. The Labute approximate surface area is 118 Å². The van der Waals surface area contributed by atoms with Gasteiger partial charge >= 0.3 is 0 Å². The third-order valence-electron chi connectivity index (χ3n) is 3.19. The smallest absolute Gasteiger partial charge is 0.181 e. The molecule has 0 aliphatic carbocycles. The Hall–Kier alpha value is -0.450. The maximum atomic E-state index is 11.3. The van der Waals surface area contributed by atoms with Gasteiger partial charge in [-0.1, -0.05) is 0 Å². The van der Waals surface area contributed by atoms with Crippen LogP contribution in [0.25, 0.3) is 0 Å². The van der Waals surface area contributed by atoms with Crippen LogP contribution in [0.15, 0.2) is 0 Å². The van der Waals surface area contributed by atoms with Crippen LogP contribution in [0.3, 0.4) is 0 Å². The van der Waals surface area contributed by atoms with Crippen molar-refractivity contribution in [2.75, 3.05) is 23.0 Å². The van der Waals surface area contributed by atoms with Crippen molar-refractivity contribution in [1.82, 2.24) is 16.2 Å². The number of thiocarbonyl (C=S) groups is 1. The fourth-order valence-electron chi connectivity index (χ4n) is 2.21. The Balaban J connectivity index is 1.71. The number of hydrogen-bond donors (Lipinski definition) is 3. The van der Waals surface area contributed by atoms with Crippen LogP contribution in [0.5, 0.6) is 0 Å². The van der Waals surface area contributed by atoms with Crippen LogP contribution in [0.4, 0.5) is 0 Å². The fraction of sp³-hybridized carbons (Fsp3) is 0.889. The normalized spacial score (nSPS) is 32.0. The minimum atomic E-state index is -2.94. The zero-order valence-corrected chi connectivity index (χ0v) is 12.7. The highest BCUT2D eigenvalue weighted by molar-refractivity contribution is 7.92. The van der Waals surface area contributed by atoms with Gasteiger partial charge in [0.25, 0.3) is 0 Å². The average Bonchev–Trinajstić information content (AvgIpc) is 2.78. The lowest BCUT2D eigenvalue weighted by atomic mass is 10.3. The van der Waals surface area contributed by atoms with E-state index < -0.39 is 19.7 Å². The summed E-state index contributed by atoms with van der Waals surface area (Å²) in [6.07, 6.45) is 1.09. The number of hydrogen-bond acceptors (Lipinski definition) is 6. The Kier molecular flexibility index (Phi) is 4.33. The molecule has 7 nitrogen and oxygen atoms in total. The molecule has 0 spiro atoms. The van der Waals surface area contributed by atoms with Crippen molar-refractivity contribution in [2.45, 2.75) is 24.9 Å². The fourth-order valence-corrected chi connectivity index (χ4v) is 5.78. The molecule has 0 amide bonds. The van der Waals surface area contributed by atoms with Gasteiger partial charge in [-0.15, -0.1) is 0 Å². The monoisotopic (exact) mass is 327 g/mol. The first-order valence-electron chi connectivity index (χ1n) is 5.99. The van der Waals surface area contributed by atoms with Crippen LogP contribution in [-0.4, -0.2) is 57.0 Å². The quantitative estimate of drug-likeness (QED) is 0.417. The molecule has 110 valence electrons. The summed E-state index contributed by atoms with van der Waals surface area (Å²) in [5.41, 5.74) is 5.58. The lowest BCUT2D eigenvalue weighted by Crippen LogP contribution is -2.51. The second kappa shape index (κ2) is 5.51. The van der Waals surface area contributed by atoms with E-state index in [-0.39, 0.29) is 35.1 Å². The van der Waals surface area contributed by atoms with Gasteiger partial charge < -0.3 is 5.32 Å². The summed E-state index contributed by atoms with van der Waals surface area (Å²) in [6, 6.07) is -0.323. The molecule has 2 atom stereocenters. The number of sulfone groups is 2. The van der Waals surface area contributed by atoms with Gasteiger partial charge in [-0.25, -0.2) is 22.3 Å². The van der Waals surface area contributed by atoms with Crippen molar-refractivity contribution in [3.8, 4) is 0 Å². The highest BCUT2D eigenvalue weighted by atomic mass is 32.2. The molecule has 10 heteroatoms. The maximum absolute atomic E-state index is 11.3. The predicted molar refractivity (Wildman–Crippen MR) is 76.1 cm³/mol. The molecule has 0 bridgehead atoms. The molecular weight excluding hydrogens is 310 g/mol. The highest BCUT2D eigenvalue weighted by Gasteiger charge is 2.29. The van der Waals surface area contributed by atoms with Crippen molar-refractivity contribution < 1.29 is 16.8 Å². The average molecular weight is 327 g/mol. The van der Waals surface area contributed by atoms with E-state index in [9.17, 15) is 16.8 Å². The minimum Gasteiger partial charge on any atom is -0.358 e. The van der Waals surface area contributed by atoms with Crippen LogP contribution < -0.4 is 16.2 Å². The second-order valence-corrected chi connectivity index (χ2v) is 9.81. The zero-order chi connectivity index (χ0) is 14.1. The van der Waals surface area contributed by atoms with Gasteiger partial charge in [0.1, 0.15) is 0 Å². The summed E-state index contributed by atoms with van der Waals surface area (Å²) in [5, 5.41) is 3.21. The Morgan fingerprint density at radius 1 is 0.947 bits per heavy atom. The van der Waals surface area contributed by atoms with Crippen molar-refractivity contribution >= 4 is 37.0 Å². The summed E-state index contributed by atoms with van der Waals surface area (Å²) < 4.78 is 45.1. The number of rotatable bonds is 3. The Morgan fingerprint density at radius 2 is 1.47 bits per heavy atom. The van der Waals surface area contributed by atoms with Crippen LogP contribution in [0.2, 0.25) is 0 Å². The van der Waals surface area contributed by atoms with Crippen molar-refractivity contribution in [2.24, 2.45) is 0 Å². The van der Waals surface area contributed by atoms with Crippen molar-refractivity contribution in [3.63, 3.8) is 0 Å². The van der Waals surface area contributed by atoms with E-state index in [1.54, 1.807) is 0 Å². The van der Waals surface area contributed by atoms with E-state index in [1.807, 2.05) is 0 Å². The van der Waals surface area contributed by atoms with Crippen molar-refractivity contribution in [1.29, 1.82) is 0 Å². The van der Waals surface area contributed by atoms with E-state index >= 15 is 0 Å². The molecule has 2 heterocycles. The molecule has 0 aromatic heterocycles. The van der Waals surface area contributed by atoms with Gasteiger partial charge in [-0.05, 0) is 25.1 Å². The molecule has 0 aromatic rings. The number of nitrogens with one attached hydrogen (secondary N) is 3. The van der Waals surface area contributed by atoms with E-state index in [0.717, 1.165) is 0 Å². The van der Waals surface area contributed by atoms with Gasteiger partial charge in [-0.3, -0.25) is 5.43 Å². The third-order valence-corrected chi connectivity index (χ3v) is 6.95. The lowest BCUT2D eigenvalue weighted by Gasteiger charge is -2.17. The molecule has 2 fully saturated rings. The van der Waals surface area contributed by atoms with Gasteiger partial charge in [0.05, 0.1) is 23.0 Å². The maximum Gasteiger partial charge on any atom is 0.181 e. The van der Waals surface area contributed by atoms with Crippen molar-refractivity contribution in [3.05, 3.63) is 0 Å². The predicted octanol–water partition coefficient (Wildman–Crippen LogP) is -1.67. The van der Waals surface area contributed by atoms with Gasteiger partial charge in [0.15, 0.2) is 24.8 Å². The molecule has 0 radical (unpaired) electrons. The third kappa shape index (κ3) is 4.55. The second-order valence-electron chi connectivity index (χ2n) is 4.94. The summed E-state index contributed by atoms with van der Waals surface area (Å²) in [6.45, 7) is 0. The van der Waals surface area contributed by atoms with Gasteiger partial charge in [0.2, 0.25) is 0 Å². The molecule has 2 aliphatic heterocycles. The highest BCUT2D eigenvalue weighted by Crippen LogP contribution is 2.11. The molecule has 0 saturated carbocycles. The summed E-state index contributed by atoms with van der Waals surface area (Å²) >= 11 is 5.03.